The van der Waals surface area contributed by atoms with Gasteiger partial charge in [0, 0.05) is 67.3 Å². The van der Waals surface area contributed by atoms with Crippen molar-refractivity contribution in [2.24, 2.45) is 0 Å². The molecule has 0 unspecified atom stereocenters. The van der Waals surface area contributed by atoms with Crippen LogP contribution in [0.15, 0.2) is 36.8 Å². The number of nitrogens with one attached hydrogen (secondary N) is 2. The number of piperazine rings is 1. The fourth-order valence-electron chi connectivity index (χ4n) is 3.43. The second-order valence-electron chi connectivity index (χ2n) is 7.01. The number of halogens is 1. The van der Waals surface area contributed by atoms with Crippen LogP contribution in [0.1, 0.15) is 26.0 Å². The molecule has 0 radical (unpaired) electrons. The zero-order chi connectivity index (χ0) is 18.5. The monoisotopic (exact) mass is 375 g/mol. The van der Waals surface area contributed by atoms with E-state index in [4.69, 9.17) is 11.6 Å². The summed E-state index contributed by atoms with van der Waals surface area (Å²) in [6, 6.07) is 8.09. The van der Waals surface area contributed by atoms with E-state index in [9.17, 15) is 4.79 Å². The van der Waals surface area contributed by atoms with Gasteiger partial charge in [0.1, 0.15) is 0 Å². The molecule has 0 bridgehead atoms. The van der Waals surface area contributed by atoms with E-state index in [2.05, 4.69) is 38.9 Å². The number of carbonyl (C=O) groups excluding carboxylic acids is 1. The Hall–Kier alpha value is -1.89. The van der Waals surface area contributed by atoms with Crippen LogP contribution in [0.4, 0.5) is 5.69 Å². The van der Waals surface area contributed by atoms with Crippen molar-refractivity contribution in [3.63, 3.8) is 0 Å². The van der Waals surface area contributed by atoms with Gasteiger partial charge < -0.3 is 10.3 Å². The zero-order valence-electron chi connectivity index (χ0n) is 15.3. The molecule has 1 fully saturated rings. The molecular formula is C19H26ClN5O. The summed E-state index contributed by atoms with van der Waals surface area (Å²) in [5.74, 6) is 0.0204. The van der Waals surface area contributed by atoms with Crippen LogP contribution in [-0.4, -0.2) is 57.4 Å². The van der Waals surface area contributed by atoms with Crippen molar-refractivity contribution in [2.75, 3.05) is 25.0 Å². The Balaban J connectivity index is 1.47. The molecule has 0 spiro atoms. The normalized spacial score (nSPS) is 21.7. The molecule has 2 heterocycles. The fraction of sp³-hybridized carbons (Fsp3) is 0.474. The number of hydrogen-bond acceptors (Lipinski definition) is 4. The van der Waals surface area contributed by atoms with E-state index in [0.717, 1.165) is 37.6 Å². The SMILES string of the molecule is C[C@@H]1CN(Cc2cnc[nH]2)[C@@H](C)CN1CCC(=O)Nc1cccc(Cl)c1. The largest absolute Gasteiger partial charge is 0.347 e. The third kappa shape index (κ3) is 5.06. The molecule has 2 atom stereocenters. The van der Waals surface area contributed by atoms with Gasteiger partial charge in [0.05, 0.1) is 6.33 Å². The number of rotatable bonds is 6. The first kappa shape index (κ1) is 18.9. The smallest absolute Gasteiger partial charge is 0.225 e. The molecule has 0 aliphatic carbocycles. The van der Waals surface area contributed by atoms with Gasteiger partial charge in [-0.2, -0.15) is 0 Å². The van der Waals surface area contributed by atoms with Crippen LogP contribution >= 0.6 is 11.6 Å². The number of aromatic nitrogens is 2. The van der Waals surface area contributed by atoms with Gasteiger partial charge in [-0.05, 0) is 32.0 Å². The average Bonchev–Trinajstić information content (AvgIpc) is 3.10. The number of carbonyl (C=O) groups is 1. The molecule has 3 rings (SSSR count). The molecule has 140 valence electrons. The van der Waals surface area contributed by atoms with E-state index in [1.165, 1.54) is 0 Å². The molecule has 2 N–H and O–H groups in total. The highest BCUT2D eigenvalue weighted by atomic mass is 35.5. The summed E-state index contributed by atoms with van der Waals surface area (Å²) in [6.45, 7) is 8.04. The Morgan fingerprint density at radius 2 is 2.08 bits per heavy atom. The van der Waals surface area contributed by atoms with E-state index in [1.54, 1.807) is 18.5 Å². The summed E-state index contributed by atoms with van der Waals surface area (Å²) in [6.07, 6.45) is 4.08. The third-order valence-electron chi connectivity index (χ3n) is 4.91. The highest BCUT2D eigenvalue weighted by Crippen LogP contribution is 2.18. The number of hydrogen-bond donors (Lipinski definition) is 2. The maximum absolute atomic E-state index is 12.2. The van der Waals surface area contributed by atoms with Crippen LogP contribution < -0.4 is 5.32 Å². The Labute approximate surface area is 159 Å². The average molecular weight is 376 g/mol. The van der Waals surface area contributed by atoms with Crippen LogP contribution in [0.5, 0.6) is 0 Å². The van der Waals surface area contributed by atoms with Crippen molar-refractivity contribution in [3.8, 4) is 0 Å². The van der Waals surface area contributed by atoms with Crippen molar-refractivity contribution < 1.29 is 4.79 Å². The highest BCUT2D eigenvalue weighted by molar-refractivity contribution is 6.30. The number of aromatic amines is 1. The number of anilines is 1. The van der Waals surface area contributed by atoms with E-state index >= 15 is 0 Å². The predicted octanol–water partition coefficient (Wildman–Crippen LogP) is 2.99. The molecule has 6 nitrogen and oxygen atoms in total. The minimum Gasteiger partial charge on any atom is -0.347 e. The lowest BCUT2D eigenvalue weighted by molar-refractivity contribution is -0.116. The third-order valence-corrected chi connectivity index (χ3v) is 5.14. The minimum absolute atomic E-state index is 0.0204. The molecule has 7 heteroatoms. The highest BCUT2D eigenvalue weighted by Gasteiger charge is 2.29. The molecule has 26 heavy (non-hydrogen) atoms. The standard InChI is InChI=1S/C19H26ClN5O/c1-14-11-25(12-18-9-21-13-22-18)15(2)10-24(14)7-6-19(26)23-17-5-3-4-16(20)8-17/h3-5,8-9,13-15H,6-7,10-12H2,1-2H3,(H,21,22)(H,23,26)/t14-,15+/m1/s1. The van der Waals surface area contributed by atoms with Crippen LogP contribution in [0, 0.1) is 0 Å². The first-order valence-corrected chi connectivity index (χ1v) is 9.40. The van der Waals surface area contributed by atoms with Crippen LogP contribution in [0.25, 0.3) is 0 Å². The number of benzene rings is 1. The molecule has 1 aromatic heterocycles. The van der Waals surface area contributed by atoms with Gasteiger partial charge in [0.2, 0.25) is 5.91 Å². The summed E-state index contributed by atoms with van der Waals surface area (Å²) in [7, 11) is 0. The molecule has 2 aromatic rings. The van der Waals surface area contributed by atoms with E-state index < -0.39 is 0 Å². The molecule has 1 aromatic carbocycles. The Bertz CT molecular complexity index is 720. The lowest BCUT2D eigenvalue weighted by Gasteiger charge is -2.44. The first-order chi connectivity index (χ1) is 12.5. The summed E-state index contributed by atoms with van der Waals surface area (Å²) in [5.41, 5.74) is 1.88. The van der Waals surface area contributed by atoms with Gasteiger partial charge in [-0.15, -0.1) is 0 Å². The van der Waals surface area contributed by atoms with Gasteiger partial charge in [-0.3, -0.25) is 14.6 Å². The quantitative estimate of drug-likeness (QED) is 0.814. The maximum atomic E-state index is 12.2. The van der Waals surface area contributed by atoms with Gasteiger partial charge in [-0.1, -0.05) is 17.7 Å². The van der Waals surface area contributed by atoms with Gasteiger partial charge in [-0.25, -0.2) is 4.98 Å². The van der Waals surface area contributed by atoms with Crippen molar-refractivity contribution in [2.45, 2.75) is 38.9 Å². The summed E-state index contributed by atoms with van der Waals surface area (Å²) in [4.78, 5) is 24.3. The van der Waals surface area contributed by atoms with E-state index in [1.807, 2.05) is 18.3 Å². The molecule has 0 saturated carbocycles. The van der Waals surface area contributed by atoms with Crippen molar-refractivity contribution >= 4 is 23.2 Å². The van der Waals surface area contributed by atoms with Crippen molar-refractivity contribution in [1.29, 1.82) is 0 Å². The van der Waals surface area contributed by atoms with E-state index in [-0.39, 0.29) is 5.91 Å². The number of imidazole rings is 1. The summed E-state index contributed by atoms with van der Waals surface area (Å²) >= 11 is 5.96. The zero-order valence-corrected chi connectivity index (χ0v) is 16.0. The molecule has 1 saturated heterocycles. The van der Waals surface area contributed by atoms with Crippen LogP contribution in [-0.2, 0) is 11.3 Å². The summed E-state index contributed by atoms with van der Waals surface area (Å²) in [5, 5.41) is 3.54. The number of nitrogens with zero attached hydrogens (tertiary/aromatic N) is 3. The topological polar surface area (TPSA) is 64.3 Å². The second-order valence-corrected chi connectivity index (χ2v) is 7.44. The predicted molar refractivity (Wildman–Crippen MR) is 104 cm³/mol. The minimum atomic E-state index is 0.0204. The van der Waals surface area contributed by atoms with Gasteiger partial charge in [0.15, 0.2) is 0 Å². The van der Waals surface area contributed by atoms with Gasteiger partial charge in [0.25, 0.3) is 0 Å². The molecule has 1 aliphatic heterocycles. The summed E-state index contributed by atoms with van der Waals surface area (Å²) < 4.78 is 0. The number of amides is 1. The van der Waals surface area contributed by atoms with E-state index in [0.29, 0.717) is 23.5 Å². The second kappa shape index (κ2) is 8.66. The maximum Gasteiger partial charge on any atom is 0.225 e. The Morgan fingerprint density at radius 3 is 2.81 bits per heavy atom. The lowest BCUT2D eigenvalue weighted by atomic mass is 10.1. The lowest BCUT2D eigenvalue weighted by Crippen LogP contribution is -2.56. The molecular weight excluding hydrogens is 350 g/mol. The molecule has 1 amide bonds. The Kier molecular flexibility index (Phi) is 6.29. The van der Waals surface area contributed by atoms with Crippen LogP contribution in [0.3, 0.4) is 0 Å². The Morgan fingerprint density at radius 1 is 1.31 bits per heavy atom. The van der Waals surface area contributed by atoms with Gasteiger partial charge >= 0.3 is 0 Å². The molecule has 1 aliphatic rings. The van der Waals surface area contributed by atoms with Crippen molar-refractivity contribution in [3.05, 3.63) is 47.5 Å². The van der Waals surface area contributed by atoms with Crippen LogP contribution in [0.2, 0.25) is 5.02 Å². The fourth-order valence-corrected chi connectivity index (χ4v) is 3.62. The van der Waals surface area contributed by atoms with Crippen molar-refractivity contribution in [1.82, 2.24) is 19.8 Å². The first-order valence-electron chi connectivity index (χ1n) is 9.02. The number of H-pyrrole nitrogens is 1.